The highest BCUT2D eigenvalue weighted by Gasteiger charge is 2.17. The van der Waals surface area contributed by atoms with E-state index in [4.69, 9.17) is 0 Å². The molecule has 1 N–H and O–H groups in total. The van der Waals surface area contributed by atoms with Crippen LogP contribution in [-0.4, -0.2) is 28.7 Å². The molecule has 114 valence electrons. The predicted molar refractivity (Wildman–Crippen MR) is 77.4 cm³/mol. The van der Waals surface area contributed by atoms with Crippen LogP contribution in [-0.2, 0) is 27.4 Å². The van der Waals surface area contributed by atoms with Gasteiger partial charge in [0.25, 0.3) is 10.0 Å². The van der Waals surface area contributed by atoms with Gasteiger partial charge in [-0.05, 0) is 25.1 Å². The Labute approximate surface area is 124 Å². The highest BCUT2D eigenvalue weighted by Crippen LogP contribution is 2.20. The van der Waals surface area contributed by atoms with Crippen molar-refractivity contribution in [3.05, 3.63) is 36.4 Å². The van der Waals surface area contributed by atoms with Crippen LogP contribution in [0, 0.1) is 5.82 Å². The lowest BCUT2D eigenvalue weighted by Gasteiger charge is -2.07. The van der Waals surface area contributed by atoms with Crippen LogP contribution in [0.1, 0.15) is 6.92 Å². The average molecular weight is 331 g/mol. The first-order valence-corrected chi connectivity index (χ1v) is 9.06. The van der Waals surface area contributed by atoms with Crippen molar-refractivity contribution in [1.82, 2.24) is 9.78 Å². The molecule has 0 fully saturated rings. The summed E-state index contributed by atoms with van der Waals surface area (Å²) in [5, 5.41) is 3.88. The lowest BCUT2D eigenvalue weighted by Crippen LogP contribution is -2.12. The molecular weight excluding hydrogens is 317 g/mol. The first-order valence-electron chi connectivity index (χ1n) is 6.01. The molecule has 0 radical (unpaired) electrons. The molecule has 1 atom stereocenters. The minimum absolute atomic E-state index is 0.00657. The highest BCUT2D eigenvalue weighted by molar-refractivity contribution is 7.92. The van der Waals surface area contributed by atoms with Gasteiger partial charge in [0.2, 0.25) is 0 Å². The fourth-order valence-corrected chi connectivity index (χ4v) is 3.26. The smallest absolute Gasteiger partial charge is 0.265 e. The number of hydrogen-bond acceptors (Lipinski definition) is 4. The standard InChI is InChI=1S/C12H14FN3O3S2/c1-3-16-8-10(7-14-16)21(18,19)15-9-4-5-12(20(2)17)11(13)6-9/h4-8,15H,3H2,1-2H3/t20-/m1/s1. The Balaban J connectivity index is 2.28. The molecule has 1 aromatic heterocycles. The number of sulfonamides is 1. The number of benzene rings is 1. The zero-order valence-electron chi connectivity index (χ0n) is 11.4. The summed E-state index contributed by atoms with van der Waals surface area (Å²) in [6.07, 6.45) is 3.95. The van der Waals surface area contributed by atoms with E-state index in [0.29, 0.717) is 6.54 Å². The van der Waals surface area contributed by atoms with Gasteiger partial charge in [-0.1, -0.05) is 0 Å². The van der Waals surface area contributed by atoms with Crippen LogP contribution in [0.3, 0.4) is 0 Å². The van der Waals surface area contributed by atoms with Gasteiger partial charge in [-0.25, -0.2) is 12.8 Å². The molecule has 0 bridgehead atoms. The van der Waals surface area contributed by atoms with Crippen molar-refractivity contribution in [2.24, 2.45) is 0 Å². The van der Waals surface area contributed by atoms with Crippen molar-refractivity contribution in [2.75, 3.05) is 11.0 Å². The van der Waals surface area contributed by atoms with Crippen LogP contribution < -0.4 is 4.72 Å². The van der Waals surface area contributed by atoms with Crippen molar-refractivity contribution in [3.8, 4) is 0 Å². The Hall–Kier alpha value is -1.74. The molecule has 0 aliphatic rings. The third-order valence-corrected chi connectivity index (χ3v) is 5.02. The highest BCUT2D eigenvalue weighted by atomic mass is 32.2. The van der Waals surface area contributed by atoms with Crippen molar-refractivity contribution >= 4 is 26.5 Å². The first-order chi connectivity index (χ1) is 9.83. The second-order valence-corrected chi connectivity index (χ2v) is 7.27. The minimum Gasteiger partial charge on any atom is -0.279 e. The first kappa shape index (κ1) is 15.6. The van der Waals surface area contributed by atoms with Gasteiger partial charge >= 0.3 is 0 Å². The Morgan fingerprint density at radius 3 is 2.67 bits per heavy atom. The van der Waals surface area contributed by atoms with Crippen LogP contribution in [0.5, 0.6) is 0 Å². The molecule has 0 amide bonds. The predicted octanol–water partition coefficient (Wildman–Crippen LogP) is 1.58. The summed E-state index contributed by atoms with van der Waals surface area (Å²) in [4.78, 5) is 0.0182. The monoisotopic (exact) mass is 331 g/mol. The number of aryl methyl sites for hydroxylation is 1. The summed E-state index contributed by atoms with van der Waals surface area (Å²) in [5.41, 5.74) is 0.0611. The van der Waals surface area contributed by atoms with E-state index < -0.39 is 26.6 Å². The van der Waals surface area contributed by atoms with Gasteiger partial charge in [0.05, 0.1) is 27.6 Å². The second-order valence-electron chi connectivity index (χ2n) is 4.24. The molecule has 6 nitrogen and oxygen atoms in total. The van der Waals surface area contributed by atoms with E-state index in [1.54, 1.807) is 0 Å². The van der Waals surface area contributed by atoms with Gasteiger partial charge in [0.1, 0.15) is 10.7 Å². The molecule has 0 aliphatic heterocycles. The molecule has 0 saturated heterocycles. The van der Waals surface area contributed by atoms with E-state index in [9.17, 15) is 17.0 Å². The fraction of sp³-hybridized carbons (Fsp3) is 0.250. The summed E-state index contributed by atoms with van der Waals surface area (Å²) < 4.78 is 52.9. The van der Waals surface area contributed by atoms with E-state index in [0.717, 1.165) is 6.07 Å². The average Bonchev–Trinajstić information content (AvgIpc) is 2.87. The maximum Gasteiger partial charge on any atom is 0.265 e. The number of nitrogens with zero attached hydrogens (tertiary/aromatic N) is 2. The zero-order valence-corrected chi connectivity index (χ0v) is 13.0. The van der Waals surface area contributed by atoms with Crippen LogP contribution >= 0.6 is 0 Å². The molecule has 9 heteroatoms. The summed E-state index contributed by atoms with van der Waals surface area (Å²) in [6, 6.07) is 3.65. The van der Waals surface area contributed by atoms with Gasteiger partial charge in [0.15, 0.2) is 0 Å². The summed E-state index contributed by atoms with van der Waals surface area (Å²) in [6.45, 7) is 2.37. The van der Waals surface area contributed by atoms with Gasteiger partial charge in [-0.2, -0.15) is 5.10 Å². The molecule has 0 unspecified atom stereocenters. The number of anilines is 1. The third kappa shape index (κ3) is 3.48. The number of aromatic nitrogens is 2. The van der Waals surface area contributed by atoms with Crippen molar-refractivity contribution in [3.63, 3.8) is 0 Å². The Bertz CT molecular complexity index is 787. The van der Waals surface area contributed by atoms with E-state index in [2.05, 4.69) is 9.82 Å². The lowest BCUT2D eigenvalue weighted by molar-refractivity contribution is 0.596. The van der Waals surface area contributed by atoms with E-state index in [1.807, 2.05) is 6.92 Å². The number of hydrogen-bond donors (Lipinski definition) is 1. The van der Waals surface area contributed by atoms with Gasteiger partial charge < -0.3 is 0 Å². The summed E-state index contributed by atoms with van der Waals surface area (Å²) >= 11 is 0. The molecule has 1 heterocycles. The molecule has 0 spiro atoms. The second kappa shape index (κ2) is 5.94. The third-order valence-electron chi connectivity index (χ3n) is 2.74. The maximum atomic E-state index is 13.7. The number of rotatable bonds is 5. The van der Waals surface area contributed by atoms with Crippen LogP contribution in [0.2, 0.25) is 0 Å². The minimum atomic E-state index is -3.83. The molecule has 21 heavy (non-hydrogen) atoms. The van der Waals surface area contributed by atoms with E-state index >= 15 is 0 Å². The number of nitrogens with one attached hydrogen (secondary N) is 1. The molecule has 2 aromatic rings. The van der Waals surface area contributed by atoms with Crippen molar-refractivity contribution in [1.29, 1.82) is 0 Å². The summed E-state index contributed by atoms with van der Waals surface area (Å²) in [7, 11) is -5.30. The van der Waals surface area contributed by atoms with Gasteiger partial charge in [-0.3, -0.25) is 13.6 Å². The molecule has 2 rings (SSSR count). The maximum absolute atomic E-state index is 13.7. The SMILES string of the molecule is CCn1cc(S(=O)(=O)Nc2ccc([S@@](C)=O)c(F)c2)cn1. The summed E-state index contributed by atoms with van der Waals surface area (Å²) in [5.74, 6) is -0.722. The largest absolute Gasteiger partial charge is 0.279 e. The Morgan fingerprint density at radius 1 is 1.43 bits per heavy atom. The van der Waals surface area contributed by atoms with Crippen LogP contribution in [0.4, 0.5) is 10.1 Å². The van der Waals surface area contributed by atoms with Crippen molar-refractivity contribution in [2.45, 2.75) is 23.3 Å². The normalized spacial score (nSPS) is 13.1. The number of halogens is 1. The topological polar surface area (TPSA) is 81.1 Å². The zero-order chi connectivity index (χ0) is 15.6. The van der Waals surface area contributed by atoms with Gasteiger partial charge in [-0.15, -0.1) is 0 Å². The lowest BCUT2D eigenvalue weighted by atomic mass is 10.3. The fourth-order valence-electron chi connectivity index (χ4n) is 1.67. The Morgan fingerprint density at radius 2 is 2.14 bits per heavy atom. The van der Waals surface area contributed by atoms with Crippen LogP contribution in [0.25, 0.3) is 0 Å². The Kier molecular flexibility index (Phi) is 4.43. The molecule has 0 aliphatic carbocycles. The molecular formula is C12H14FN3O3S2. The van der Waals surface area contributed by atoms with Gasteiger partial charge in [0, 0.05) is 19.0 Å². The van der Waals surface area contributed by atoms with E-state index in [1.165, 1.54) is 35.5 Å². The molecule has 1 aromatic carbocycles. The van der Waals surface area contributed by atoms with E-state index in [-0.39, 0.29) is 15.5 Å². The quantitative estimate of drug-likeness (QED) is 0.902. The molecule has 0 saturated carbocycles. The van der Waals surface area contributed by atoms with Crippen LogP contribution in [0.15, 0.2) is 40.4 Å². The van der Waals surface area contributed by atoms with Crippen molar-refractivity contribution < 1.29 is 17.0 Å².